The van der Waals surface area contributed by atoms with Gasteiger partial charge in [-0.2, -0.15) is 0 Å². The van der Waals surface area contributed by atoms with Gasteiger partial charge in [0.2, 0.25) is 0 Å². The Kier molecular flexibility index (Phi) is 3.54. The molecule has 2 N–H and O–H groups in total. The average Bonchev–Trinajstić information content (AvgIpc) is 2.16. The van der Waals surface area contributed by atoms with Crippen LogP contribution in [0.5, 0.6) is 0 Å². The molecule has 0 fully saturated rings. The molecule has 0 spiro atoms. The van der Waals surface area contributed by atoms with E-state index in [9.17, 15) is 0 Å². The van der Waals surface area contributed by atoms with E-state index in [2.05, 4.69) is 29.7 Å². The lowest BCUT2D eigenvalue weighted by Gasteiger charge is -2.12. The number of hydrogen-bond acceptors (Lipinski definition) is 3. The third kappa shape index (κ3) is 2.88. The van der Waals surface area contributed by atoms with Crippen LogP contribution in [0.4, 0.5) is 5.82 Å². The monoisotopic (exact) mass is 165 g/mol. The van der Waals surface area contributed by atoms with Gasteiger partial charge in [-0.15, -0.1) is 0 Å². The molecule has 0 radical (unpaired) electrons. The fraction of sp³-hybridized carbons (Fsp3) is 0.444. The summed E-state index contributed by atoms with van der Waals surface area (Å²) < 4.78 is 0. The molecule has 0 unspecified atom stereocenters. The predicted molar refractivity (Wildman–Crippen MR) is 50.7 cm³/mol. The molecule has 0 bridgehead atoms. The molecule has 1 heterocycles. The van der Waals surface area contributed by atoms with Crippen molar-refractivity contribution in [2.45, 2.75) is 26.3 Å². The molecule has 3 heteroatoms. The van der Waals surface area contributed by atoms with E-state index < -0.39 is 0 Å². The van der Waals surface area contributed by atoms with Crippen molar-refractivity contribution in [1.29, 1.82) is 0 Å². The second-order valence-corrected chi connectivity index (χ2v) is 2.79. The fourth-order valence-electron chi connectivity index (χ4n) is 0.736. The zero-order chi connectivity index (χ0) is 8.81. The Morgan fingerprint density at radius 3 is 2.92 bits per heavy atom. The number of nitrogens with one attached hydrogen (secondary N) is 2. The van der Waals surface area contributed by atoms with Gasteiger partial charge in [-0.05, 0) is 25.5 Å². The van der Waals surface area contributed by atoms with Crippen LogP contribution in [-0.2, 0) is 0 Å². The van der Waals surface area contributed by atoms with Crippen molar-refractivity contribution in [2.75, 3.05) is 5.43 Å². The van der Waals surface area contributed by atoms with Crippen molar-refractivity contribution in [3.05, 3.63) is 24.4 Å². The smallest absolute Gasteiger partial charge is 0.140 e. The van der Waals surface area contributed by atoms with Gasteiger partial charge in [-0.25, -0.2) is 10.4 Å². The molecule has 0 amide bonds. The van der Waals surface area contributed by atoms with Gasteiger partial charge in [-0.3, -0.25) is 0 Å². The highest BCUT2D eigenvalue weighted by molar-refractivity contribution is 5.31. The Morgan fingerprint density at radius 2 is 2.33 bits per heavy atom. The van der Waals surface area contributed by atoms with Crippen LogP contribution in [0.3, 0.4) is 0 Å². The van der Waals surface area contributed by atoms with Crippen molar-refractivity contribution in [1.82, 2.24) is 10.4 Å². The van der Waals surface area contributed by atoms with E-state index in [1.165, 1.54) is 0 Å². The number of anilines is 1. The highest BCUT2D eigenvalue weighted by Gasteiger charge is 1.95. The van der Waals surface area contributed by atoms with Crippen molar-refractivity contribution >= 4 is 5.82 Å². The van der Waals surface area contributed by atoms with Gasteiger partial charge in [0.25, 0.3) is 0 Å². The van der Waals surface area contributed by atoms with Gasteiger partial charge in [0.15, 0.2) is 0 Å². The van der Waals surface area contributed by atoms with Gasteiger partial charge >= 0.3 is 0 Å². The van der Waals surface area contributed by atoms with Crippen LogP contribution in [0.25, 0.3) is 0 Å². The summed E-state index contributed by atoms with van der Waals surface area (Å²) in [5.41, 5.74) is 6.17. The Labute approximate surface area is 73.2 Å². The van der Waals surface area contributed by atoms with Crippen molar-refractivity contribution in [3.8, 4) is 0 Å². The Morgan fingerprint density at radius 1 is 1.50 bits per heavy atom. The number of hydrazine groups is 1. The second-order valence-electron chi connectivity index (χ2n) is 2.79. The van der Waals surface area contributed by atoms with Gasteiger partial charge in [0.05, 0.1) is 0 Å². The third-order valence-electron chi connectivity index (χ3n) is 1.72. The van der Waals surface area contributed by atoms with Crippen molar-refractivity contribution in [2.24, 2.45) is 0 Å². The Hall–Kier alpha value is -1.09. The zero-order valence-electron chi connectivity index (χ0n) is 7.54. The number of nitrogens with zero attached hydrogens (tertiary/aromatic N) is 1. The van der Waals surface area contributed by atoms with Gasteiger partial charge in [0.1, 0.15) is 5.82 Å². The summed E-state index contributed by atoms with van der Waals surface area (Å²) in [4.78, 5) is 4.11. The predicted octanol–water partition coefficient (Wildman–Crippen LogP) is 1.80. The van der Waals surface area contributed by atoms with Crippen LogP contribution < -0.4 is 10.9 Å². The van der Waals surface area contributed by atoms with E-state index in [0.29, 0.717) is 6.04 Å². The molecule has 0 saturated carbocycles. The van der Waals surface area contributed by atoms with E-state index in [1.807, 2.05) is 18.2 Å². The molecule has 0 aromatic carbocycles. The number of aromatic nitrogens is 1. The first-order valence-corrected chi connectivity index (χ1v) is 4.25. The first kappa shape index (κ1) is 9.00. The highest BCUT2D eigenvalue weighted by atomic mass is 15.4. The molecule has 0 saturated heterocycles. The fourth-order valence-corrected chi connectivity index (χ4v) is 0.736. The lowest BCUT2D eigenvalue weighted by Crippen LogP contribution is -2.31. The lowest BCUT2D eigenvalue weighted by atomic mass is 10.3. The third-order valence-corrected chi connectivity index (χ3v) is 1.72. The quantitative estimate of drug-likeness (QED) is 0.668. The van der Waals surface area contributed by atoms with Gasteiger partial charge in [0, 0.05) is 12.2 Å². The first-order chi connectivity index (χ1) is 5.83. The van der Waals surface area contributed by atoms with E-state index >= 15 is 0 Å². The van der Waals surface area contributed by atoms with Crippen LogP contribution in [0, 0.1) is 0 Å². The SMILES string of the molecule is CC[C@@H](C)NNc1ccccn1. The maximum absolute atomic E-state index is 4.11. The van der Waals surface area contributed by atoms with Crippen molar-refractivity contribution < 1.29 is 0 Å². The molecule has 66 valence electrons. The minimum Gasteiger partial charge on any atom is -0.306 e. The molecular weight excluding hydrogens is 150 g/mol. The summed E-state index contributed by atoms with van der Waals surface area (Å²) in [5, 5.41) is 0. The lowest BCUT2D eigenvalue weighted by molar-refractivity contribution is 0.586. The van der Waals surface area contributed by atoms with E-state index in [1.54, 1.807) is 6.20 Å². The molecule has 0 aliphatic rings. The minimum absolute atomic E-state index is 0.465. The van der Waals surface area contributed by atoms with E-state index in [-0.39, 0.29) is 0 Å². The summed E-state index contributed by atoms with van der Waals surface area (Å²) in [7, 11) is 0. The van der Waals surface area contributed by atoms with E-state index in [0.717, 1.165) is 12.2 Å². The minimum atomic E-state index is 0.465. The van der Waals surface area contributed by atoms with Gasteiger partial charge < -0.3 is 5.43 Å². The summed E-state index contributed by atoms with van der Waals surface area (Å²) in [5.74, 6) is 0.859. The summed E-state index contributed by atoms with van der Waals surface area (Å²) in [6.07, 6.45) is 2.86. The van der Waals surface area contributed by atoms with Gasteiger partial charge in [-0.1, -0.05) is 13.0 Å². The van der Waals surface area contributed by atoms with Crippen LogP contribution in [-0.4, -0.2) is 11.0 Å². The van der Waals surface area contributed by atoms with Crippen molar-refractivity contribution in [3.63, 3.8) is 0 Å². The molecule has 1 atom stereocenters. The highest BCUT2D eigenvalue weighted by Crippen LogP contribution is 1.98. The molecule has 12 heavy (non-hydrogen) atoms. The Bertz CT molecular complexity index is 210. The first-order valence-electron chi connectivity index (χ1n) is 4.25. The van der Waals surface area contributed by atoms with Crippen LogP contribution in [0.15, 0.2) is 24.4 Å². The molecule has 0 aliphatic heterocycles. The molecule has 1 aromatic rings. The molecule has 3 nitrogen and oxygen atoms in total. The molecule has 0 aliphatic carbocycles. The topological polar surface area (TPSA) is 37.0 Å². The Balaban J connectivity index is 2.33. The standard InChI is InChI=1S/C9H15N3/c1-3-8(2)11-12-9-6-4-5-7-10-9/h4-8,11H,3H2,1-2H3,(H,10,12)/t8-/m1/s1. The van der Waals surface area contributed by atoms with Crippen LogP contribution in [0.2, 0.25) is 0 Å². The zero-order valence-corrected chi connectivity index (χ0v) is 7.54. The maximum Gasteiger partial charge on any atom is 0.140 e. The molecular formula is C9H15N3. The largest absolute Gasteiger partial charge is 0.306 e. The second kappa shape index (κ2) is 4.72. The molecule has 1 aromatic heterocycles. The number of pyridine rings is 1. The van der Waals surface area contributed by atoms with Crippen LogP contribution >= 0.6 is 0 Å². The van der Waals surface area contributed by atoms with Crippen LogP contribution in [0.1, 0.15) is 20.3 Å². The molecule has 1 rings (SSSR count). The van der Waals surface area contributed by atoms with E-state index in [4.69, 9.17) is 0 Å². The maximum atomic E-state index is 4.11. The summed E-state index contributed by atoms with van der Waals surface area (Å²) in [6.45, 7) is 4.26. The summed E-state index contributed by atoms with van der Waals surface area (Å²) in [6, 6.07) is 6.24. The number of rotatable bonds is 4. The normalized spacial score (nSPS) is 12.5. The average molecular weight is 165 g/mol. The summed E-state index contributed by atoms with van der Waals surface area (Å²) >= 11 is 0. The number of hydrogen-bond donors (Lipinski definition) is 2.